The number of nitrogens with one attached hydrogen (secondary N) is 1. The molecular formula is C5H3FN4. The molecule has 4 nitrogen and oxygen atoms in total. The van der Waals surface area contributed by atoms with Crippen molar-refractivity contribution in [1.29, 1.82) is 0 Å². The Kier molecular flexibility index (Phi) is 0.747. The summed E-state index contributed by atoms with van der Waals surface area (Å²) in [6, 6.07) is 0. The van der Waals surface area contributed by atoms with Crippen molar-refractivity contribution in [3.63, 3.8) is 0 Å². The lowest BCUT2D eigenvalue weighted by Crippen LogP contribution is -1.87. The van der Waals surface area contributed by atoms with Crippen molar-refractivity contribution in [3.8, 4) is 0 Å². The molecule has 0 bridgehead atoms. The highest BCUT2D eigenvalue weighted by molar-refractivity contribution is 5.67. The SMILES string of the molecule is [2H]c1nc(F)nc2[nH]cnc12. The van der Waals surface area contributed by atoms with Crippen LogP contribution in [0, 0.1) is 6.08 Å². The minimum atomic E-state index is -0.910. The molecule has 50 valence electrons. The van der Waals surface area contributed by atoms with Crippen LogP contribution in [0.3, 0.4) is 0 Å². The number of imidazole rings is 1. The van der Waals surface area contributed by atoms with Crippen molar-refractivity contribution >= 4 is 11.2 Å². The third kappa shape index (κ3) is 0.637. The highest BCUT2D eigenvalue weighted by Gasteiger charge is 1.97. The van der Waals surface area contributed by atoms with E-state index in [1.165, 1.54) is 6.33 Å². The molecule has 10 heavy (non-hydrogen) atoms. The zero-order valence-electron chi connectivity index (χ0n) is 5.80. The zero-order chi connectivity index (χ0) is 7.84. The number of halogens is 1. The lowest BCUT2D eigenvalue weighted by atomic mass is 10.6. The maximum absolute atomic E-state index is 12.4. The highest BCUT2D eigenvalue weighted by atomic mass is 19.1. The Labute approximate surface area is 56.6 Å². The normalized spacial score (nSPS) is 11.9. The van der Waals surface area contributed by atoms with E-state index >= 15 is 0 Å². The van der Waals surface area contributed by atoms with Crippen molar-refractivity contribution < 1.29 is 5.76 Å². The molecule has 2 heterocycles. The molecule has 5 heteroatoms. The van der Waals surface area contributed by atoms with Crippen molar-refractivity contribution in [2.45, 2.75) is 0 Å². The van der Waals surface area contributed by atoms with E-state index in [4.69, 9.17) is 1.37 Å². The minimum Gasteiger partial charge on any atom is -0.329 e. The molecular weight excluding hydrogens is 135 g/mol. The van der Waals surface area contributed by atoms with Crippen molar-refractivity contribution in [2.75, 3.05) is 0 Å². The van der Waals surface area contributed by atoms with Crippen LogP contribution in [0.25, 0.3) is 11.2 Å². The topological polar surface area (TPSA) is 54.5 Å². The van der Waals surface area contributed by atoms with Crippen molar-refractivity contribution in [2.24, 2.45) is 0 Å². The third-order valence-electron chi connectivity index (χ3n) is 1.08. The number of hydrogen-bond donors (Lipinski definition) is 1. The van der Waals surface area contributed by atoms with E-state index < -0.39 is 6.08 Å². The number of nitrogens with zero attached hydrogens (tertiary/aromatic N) is 3. The number of fused-ring (bicyclic) bond motifs is 1. The molecule has 0 aromatic carbocycles. The first-order chi connectivity index (χ1) is 5.27. The third-order valence-corrected chi connectivity index (χ3v) is 1.08. The molecule has 2 rings (SSSR count). The van der Waals surface area contributed by atoms with Crippen LogP contribution >= 0.6 is 0 Å². The molecule has 0 amide bonds. The Balaban J connectivity index is 2.91. The maximum Gasteiger partial charge on any atom is 0.310 e. The van der Waals surface area contributed by atoms with Crippen LogP contribution in [-0.2, 0) is 0 Å². The molecule has 2 aromatic heterocycles. The van der Waals surface area contributed by atoms with Crippen molar-refractivity contribution in [1.82, 2.24) is 19.9 Å². The molecule has 0 aliphatic rings. The van der Waals surface area contributed by atoms with Crippen molar-refractivity contribution in [3.05, 3.63) is 18.6 Å². The molecule has 0 saturated carbocycles. The monoisotopic (exact) mass is 139 g/mol. The second-order valence-electron chi connectivity index (χ2n) is 1.70. The average molecular weight is 139 g/mol. The fourth-order valence-corrected chi connectivity index (χ4v) is 0.671. The van der Waals surface area contributed by atoms with E-state index in [-0.39, 0.29) is 17.3 Å². The van der Waals surface area contributed by atoms with E-state index in [0.29, 0.717) is 0 Å². The first kappa shape index (κ1) is 4.32. The predicted octanol–water partition coefficient (Wildman–Crippen LogP) is 0.492. The van der Waals surface area contributed by atoms with Gasteiger partial charge in [-0.2, -0.15) is 9.37 Å². The molecule has 0 aliphatic carbocycles. The summed E-state index contributed by atoms with van der Waals surface area (Å²) in [4.78, 5) is 12.9. The Bertz CT molecular complexity index is 398. The lowest BCUT2D eigenvalue weighted by molar-refractivity contribution is 0.544. The van der Waals surface area contributed by atoms with Crippen LogP contribution < -0.4 is 0 Å². The van der Waals surface area contributed by atoms with Gasteiger partial charge < -0.3 is 4.98 Å². The Hall–Kier alpha value is -1.52. The van der Waals surface area contributed by atoms with Gasteiger partial charge in [0.15, 0.2) is 5.65 Å². The smallest absolute Gasteiger partial charge is 0.310 e. The van der Waals surface area contributed by atoms with Crippen LogP contribution in [0.4, 0.5) is 4.39 Å². The van der Waals surface area contributed by atoms with Gasteiger partial charge in [-0.3, -0.25) is 0 Å². The summed E-state index contributed by atoms with van der Waals surface area (Å²) in [6.45, 7) is 0. The molecule has 0 fully saturated rings. The summed E-state index contributed by atoms with van der Waals surface area (Å²) < 4.78 is 19.5. The van der Waals surface area contributed by atoms with Gasteiger partial charge in [0.25, 0.3) is 0 Å². The second kappa shape index (κ2) is 1.73. The highest BCUT2D eigenvalue weighted by Crippen LogP contribution is 2.01. The van der Waals surface area contributed by atoms with Gasteiger partial charge >= 0.3 is 6.08 Å². The average Bonchev–Trinajstić information content (AvgIpc) is 2.34. The summed E-state index contributed by atoms with van der Waals surface area (Å²) in [5, 5.41) is 0. The molecule has 0 aliphatic heterocycles. The summed E-state index contributed by atoms with van der Waals surface area (Å²) in [5.41, 5.74) is 0.536. The predicted molar refractivity (Wildman–Crippen MR) is 31.6 cm³/mol. The Morgan fingerprint density at radius 3 is 3.40 bits per heavy atom. The molecule has 1 N–H and O–H groups in total. The maximum atomic E-state index is 12.4. The van der Waals surface area contributed by atoms with Gasteiger partial charge in [-0.1, -0.05) is 0 Å². The lowest BCUT2D eigenvalue weighted by Gasteiger charge is -1.84. The number of hydrogen-bond acceptors (Lipinski definition) is 3. The first-order valence-electron chi connectivity index (χ1n) is 3.10. The van der Waals surface area contributed by atoms with Gasteiger partial charge in [0.05, 0.1) is 13.9 Å². The van der Waals surface area contributed by atoms with E-state index in [1.807, 2.05) is 0 Å². The van der Waals surface area contributed by atoms with Crippen LogP contribution in [0.1, 0.15) is 1.37 Å². The molecule has 0 unspecified atom stereocenters. The quantitative estimate of drug-likeness (QED) is 0.540. The van der Waals surface area contributed by atoms with Crippen LogP contribution in [0.5, 0.6) is 0 Å². The molecule has 0 spiro atoms. The second-order valence-corrected chi connectivity index (χ2v) is 1.70. The van der Waals surface area contributed by atoms with E-state index in [9.17, 15) is 4.39 Å². The summed E-state index contributed by atoms with van der Waals surface area (Å²) >= 11 is 0. The van der Waals surface area contributed by atoms with E-state index in [2.05, 4.69) is 19.9 Å². The van der Waals surface area contributed by atoms with Gasteiger partial charge in [-0.15, -0.1) is 0 Å². The van der Waals surface area contributed by atoms with Gasteiger partial charge in [0.2, 0.25) is 0 Å². The Morgan fingerprint density at radius 2 is 2.50 bits per heavy atom. The number of H-pyrrole nitrogens is 1. The standard InChI is InChI=1S/C5H3FN4/c6-5-7-1-3-4(10-5)9-2-8-3/h1-2H,(H,7,8,9,10)/i1D. The van der Waals surface area contributed by atoms with Crippen LogP contribution in [0.15, 0.2) is 12.5 Å². The van der Waals surface area contributed by atoms with Gasteiger partial charge in [-0.25, -0.2) is 9.97 Å². The van der Waals surface area contributed by atoms with E-state index in [1.54, 1.807) is 0 Å². The fourth-order valence-electron chi connectivity index (χ4n) is 0.671. The molecule has 0 saturated heterocycles. The minimum absolute atomic E-state index is 0.200. The van der Waals surface area contributed by atoms with Crippen LogP contribution in [0.2, 0.25) is 0 Å². The fraction of sp³-hybridized carbons (Fsp3) is 0. The van der Waals surface area contributed by atoms with E-state index in [0.717, 1.165) is 0 Å². The first-order valence-corrected chi connectivity index (χ1v) is 2.60. The van der Waals surface area contributed by atoms with Crippen LogP contribution in [-0.4, -0.2) is 19.9 Å². The Morgan fingerprint density at radius 1 is 1.60 bits per heavy atom. The number of aromatic nitrogens is 4. The zero-order valence-corrected chi connectivity index (χ0v) is 4.80. The number of rotatable bonds is 0. The molecule has 2 aromatic rings. The van der Waals surface area contributed by atoms with Gasteiger partial charge in [0.1, 0.15) is 5.52 Å². The molecule has 0 radical (unpaired) electrons. The number of aromatic amines is 1. The summed E-state index contributed by atoms with van der Waals surface area (Å²) in [7, 11) is 0. The van der Waals surface area contributed by atoms with Gasteiger partial charge in [0, 0.05) is 0 Å². The molecule has 0 atom stereocenters. The summed E-state index contributed by atoms with van der Waals surface area (Å²) in [6.07, 6.45) is 0.233. The largest absolute Gasteiger partial charge is 0.329 e. The summed E-state index contributed by atoms with van der Waals surface area (Å²) in [5.74, 6) is 0. The van der Waals surface area contributed by atoms with Gasteiger partial charge in [-0.05, 0) is 0 Å².